The third kappa shape index (κ3) is 2.42. The molecule has 94 valence electrons. The second kappa shape index (κ2) is 5.09. The van der Waals surface area contributed by atoms with E-state index in [1.165, 1.54) is 30.6 Å². The molecule has 1 N–H and O–H groups in total. The molecule has 1 aliphatic heterocycles. The monoisotopic (exact) mass is 251 g/mol. The van der Waals surface area contributed by atoms with Crippen LogP contribution in [0.5, 0.6) is 0 Å². The Morgan fingerprint density at radius 3 is 3.06 bits per heavy atom. The Labute approximate surface area is 107 Å². The van der Waals surface area contributed by atoms with Crippen molar-refractivity contribution in [2.24, 2.45) is 5.92 Å². The number of nitrogens with one attached hydrogen (secondary N) is 1. The number of hydrogen-bond acceptors (Lipinski definition) is 3. The summed E-state index contributed by atoms with van der Waals surface area (Å²) in [5, 5.41) is 5.94. The van der Waals surface area contributed by atoms with E-state index in [9.17, 15) is 0 Å². The predicted molar refractivity (Wildman–Crippen MR) is 71.4 cm³/mol. The molecule has 1 aromatic rings. The van der Waals surface area contributed by atoms with Crippen LogP contribution in [-0.2, 0) is 4.74 Å². The average Bonchev–Trinajstić information content (AvgIpc) is 2.80. The van der Waals surface area contributed by atoms with Crippen LogP contribution in [0.25, 0.3) is 0 Å². The first kappa shape index (κ1) is 11.7. The minimum atomic E-state index is 0.251. The molecule has 4 unspecified atom stereocenters. The van der Waals surface area contributed by atoms with Gasteiger partial charge in [-0.25, -0.2) is 0 Å². The number of ether oxygens (including phenoxy) is 1. The Kier molecular flexibility index (Phi) is 3.50. The van der Waals surface area contributed by atoms with Gasteiger partial charge in [0.15, 0.2) is 0 Å². The van der Waals surface area contributed by atoms with Gasteiger partial charge in [0.25, 0.3) is 0 Å². The zero-order valence-corrected chi connectivity index (χ0v) is 11.2. The molecule has 0 aromatic carbocycles. The lowest BCUT2D eigenvalue weighted by Gasteiger charge is -2.30. The van der Waals surface area contributed by atoms with E-state index < -0.39 is 0 Å². The Morgan fingerprint density at radius 1 is 1.35 bits per heavy atom. The van der Waals surface area contributed by atoms with Gasteiger partial charge in [-0.2, -0.15) is 0 Å². The second-order valence-electron chi connectivity index (χ2n) is 5.38. The van der Waals surface area contributed by atoms with E-state index in [2.05, 4.69) is 29.8 Å². The summed E-state index contributed by atoms with van der Waals surface area (Å²) in [5.74, 6) is 0.733. The standard InChI is InChI=1S/C14H21NOS/c1-10-14(13-7-4-8-17-13)16-9-11-5-2-3-6-12(11)15-10/h4,7-8,10-12,14-15H,2-3,5-6,9H2,1H3. The molecule has 3 heteroatoms. The van der Waals surface area contributed by atoms with Gasteiger partial charge in [-0.05, 0) is 37.1 Å². The van der Waals surface area contributed by atoms with Gasteiger partial charge in [0.1, 0.15) is 6.10 Å². The summed E-state index contributed by atoms with van der Waals surface area (Å²) >= 11 is 1.81. The highest BCUT2D eigenvalue weighted by molar-refractivity contribution is 7.10. The molecule has 17 heavy (non-hydrogen) atoms. The largest absolute Gasteiger partial charge is 0.371 e. The number of thiophene rings is 1. The Hall–Kier alpha value is -0.380. The van der Waals surface area contributed by atoms with Crippen molar-refractivity contribution in [1.29, 1.82) is 0 Å². The lowest BCUT2D eigenvalue weighted by Crippen LogP contribution is -2.43. The highest BCUT2D eigenvalue weighted by atomic mass is 32.1. The van der Waals surface area contributed by atoms with Crippen molar-refractivity contribution < 1.29 is 4.74 Å². The molecule has 0 amide bonds. The topological polar surface area (TPSA) is 21.3 Å². The van der Waals surface area contributed by atoms with Crippen molar-refractivity contribution in [3.05, 3.63) is 22.4 Å². The molecule has 2 heterocycles. The van der Waals surface area contributed by atoms with E-state index in [4.69, 9.17) is 4.74 Å². The van der Waals surface area contributed by atoms with Gasteiger partial charge in [0, 0.05) is 17.0 Å². The molecule has 1 aromatic heterocycles. The van der Waals surface area contributed by atoms with Crippen molar-refractivity contribution in [3.8, 4) is 0 Å². The van der Waals surface area contributed by atoms with Gasteiger partial charge in [0.2, 0.25) is 0 Å². The molecule has 1 saturated heterocycles. The Morgan fingerprint density at radius 2 is 2.24 bits per heavy atom. The maximum absolute atomic E-state index is 6.18. The summed E-state index contributed by atoms with van der Waals surface area (Å²) in [7, 11) is 0. The molecule has 3 rings (SSSR count). The first-order valence-electron chi connectivity index (χ1n) is 6.75. The molecule has 2 fully saturated rings. The molecular formula is C14H21NOS. The number of hydrogen-bond donors (Lipinski definition) is 1. The molecule has 2 aliphatic rings. The fourth-order valence-corrected chi connectivity index (χ4v) is 4.08. The van der Waals surface area contributed by atoms with Crippen LogP contribution in [0.2, 0.25) is 0 Å². The third-order valence-electron chi connectivity index (χ3n) is 4.15. The Balaban J connectivity index is 1.75. The number of rotatable bonds is 1. The van der Waals surface area contributed by atoms with Crippen molar-refractivity contribution in [1.82, 2.24) is 5.32 Å². The fraction of sp³-hybridized carbons (Fsp3) is 0.714. The van der Waals surface area contributed by atoms with Gasteiger partial charge >= 0.3 is 0 Å². The zero-order valence-electron chi connectivity index (χ0n) is 10.4. The van der Waals surface area contributed by atoms with E-state index >= 15 is 0 Å². The van der Waals surface area contributed by atoms with Crippen LogP contribution < -0.4 is 5.32 Å². The molecule has 0 bridgehead atoms. The van der Waals surface area contributed by atoms with Crippen LogP contribution in [0.3, 0.4) is 0 Å². The van der Waals surface area contributed by atoms with Crippen LogP contribution in [-0.4, -0.2) is 18.7 Å². The summed E-state index contributed by atoms with van der Waals surface area (Å²) in [4.78, 5) is 1.36. The summed E-state index contributed by atoms with van der Waals surface area (Å²) in [6.07, 6.45) is 5.67. The van der Waals surface area contributed by atoms with Gasteiger partial charge < -0.3 is 10.1 Å². The van der Waals surface area contributed by atoms with E-state index in [-0.39, 0.29) is 6.10 Å². The minimum Gasteiger partial charge on any atom is -0.371 e. The normalized spacial score (nSPS) is 38.4. The molecule has 0 spiro atoms. The molecule has 1 saturated carbocycles. The number of fused-ring (bicyclic) bond motifs is 1. The maximum atomic E-state index is 6.18. The molecule has 2 nitrogen and oxygen atoms in total. The van der Waals surface area contributed by atoms with E-state index in [1.54, 1.807) is 0 Å². The summed E-state index contributed by atoms with van der Waals surface area (Å²) in [5.41, 5.74) is 0. The molecular weight excluding hydrogens is 230 g/mol. The second-order valence-corrected chi connectivity index (χ2v) is 6.35. The summed E-state index contributed by atoms with van der Waals surface area (Å²) < 4.78 is 6.18. The van der Waals surface area contributed by atoms with E-state index in [0.29, 0.717) is 12.1 Å². The van der Waals surface area contributed by atoms with E-state index in [1.807, 2.05) is 11.3 Å². The average molecular weight is 251 g/mol. The smallest absolute Gasteiger partial charge is 0.107 e. The zero-order chi connectivity index (χ0) is 11.7. The third-order valence-corrected chi connectivity index (χ3v) is 5.09. The lowest BCUT2D eigenvalue weighted by atomic mass is 9.85. The van der Waals surface area contributed by atoms with Crippen LogP contribution >= 0.6 is 11.3 Å². The van der Waals surface area contributed by atoms with Crippen LogP contribution in [0, 0.1) is 5.92 Å². The lowest BCUT2D eigenvalue weighted by molar-refractivity contribution is 0.0284. The van der Waals surface area contributed by atoms with E-state index in [0.717, 1.165) is 12.5 Å². The highest BCUT2D eigenvalue weighted by Gasteiger charge is 2.34. The molecule has 4 atom stereocenters. The van der Waals surface area contributed by atoms with Gasteiger partial charge in [-0.1, -0.05) is 18.9 Å². The van der Waals surface area contributed by atoms with Gasteiger partial charge in [-0.15, -0.1) is 11.3 Å². The SMILES string of the molecule is CC1NC2CCCCC2COC1c1cccs1. The van der Waals surface area contributed by atoms with Crippen molar-refractivity contribution in [2.75, 3.05) is 6.61 Å². The highest BCUT2D eigenvalue weighted by Crippen LogP contribution is 2.34. The maximum Gasteiger partial charge on any atom is 0.107 e. The predicted octanol–water partition coefficient (Wildman–Crippen LogP) is 3.36. The van der Waals surface area contributed by atoms with Crippen LogP contribution in [0.4, 0.5) is 0 Å². The van der Waals surface area contributed by atoms with Gasteiger partial charge in [0.05, 0.1) is 6.61 Å². The summed E-state index contributed by atoms with van der Waals surface area (Å²) in [6, 6.07) is 5.43. The van der Waals surface area contributed by atoms with Crippen molar-refractivity contribution >= 4 is 11.3 Å². The first-order valence-corrected chi connectivity index (χ1v) is 7.63. The first-order chi connectivity index (χ1) is 8.34. The van der Waals surface area contributed by atoms with Crippen molar-refractivity contribution in [3.63, 3.8) is 0 Å². The minimum absolute atomic E-state index is 0.251. The van der Waals surface area contributed by atoms with Gasteiger partial charge in [-0.3, -0.25) is 0 Å². The van der Waals surface area contributed by atoms with Crippen molar-refractivity contribution in [2.45, 2.75) is 50.8 Å². The fourth-order valence-electron chi connectivity index (χ4n) is 3.20. The van der Waals surface area contributed by atoms with Crippen LogP contribution in [0.1, 0.15) is 43.6 Å². The molecule has 1 aliphatic carbocycles. The molecule has 0 radical (unpaired) electrons. The summed E-state index contributed by atoms with van der Waals surface area (Å²) in [6.45, 7) is 3.20. The van der Waals surface area contributed by atoms with Crippen LogP contribution in [0.15, 0.2) is 17.5 Å². The Bertz CT molecular complexity index is 351. The quantitative estimate of drug-likeness (QED) is 0.826.